The maximum atomic E-state index is 12.8. The Morgan fingerprint density at radius 2 is 0.651 bits per heavy atom. The average molecular weight is 871 g/mol. The third kappa shape index (κ3) is 48.7. The van der Waals surface area contributed by atoms with Crippen molar-refractivity contribution in [2.24, 2.45) is 0 Å². The van der Waals surface area contributed by atoms with E-state index in [-0.39, 0.29) is 44.0 Å². The van der Waals surface area contributed by atoms with Crippen molar-refractivity contribution in [3.63, 3.8) is 0 Å². The fourth-order valence-corrected chi connectivity index (χ4v) is 6.24. The lowest BCUT2D eigenvalue weighted by atomic mass is 10.1. The molecular weight excluding hydrogens is 781 g/mol. The van der Waals surface area contributed by atoms with Gasteiger partial charge in [0.1, 0.15) is 13.2 Å². The summed E-state index contributed by atoms with van der Waals surface area (Å²) >= 11 is 0. The summed E-state index contributed by atoms with van der Waals surface area (Å²) in [7, 11) is 0. The zero-order valence-electron chi connectivity index (χ0n) is 40.3. The fraction of sp³-hybridized carbons (Fsp3) is 0.596. The van der Waals surface area contributed by atoms with E-state index in [9.17, 15) is 14.4 Å². The molecule has 1 atom stereocenters. The van der Waals surface area contributed by atoms with Gasteiger partial charge in [-0.05, 0) is 116 Å². The van der Waals surface area contributed by atoms with Gasteiger partial charge in [0.05, 0.1) is 0 Å². The Kier molecular flexibility index (Phi) is 47.1. The highest BCUT2D eigenvalue weighted by Gasteiger charge is 2.19. The predicted molar refractivity (Wildman–Crippen MR) is 269 cm³/mol. The number of carbonyl (C=O) groups is 3. The number of unbranched alkanes of at least 4 members (excludes halogenated alkanes) is 12. The van der Waals surface area contributed by atoms with Crippen molar-refractivity contribution in [1.82, 2.24) is 0 Å². The molecule has 0 saturated heterocycles. The first-order chi connectivity index (χ1) is 31.0. The van der Waals surface area contributed by atoms with Gasteiger partial charge < -0.3 is 14.2 Å². The molecule has 0 spiro atoms. The van der Waals surface area contributed by atoms with Crippen LogP contribution in [-0.4, -0.2) is 37.2 Å². The topological polar surface area (TPSA) is 78.9 Å². The minimum absolute atomic E-state index is 0.122. The van der Waals surface area contributed by atoms with Crippen LogP contribution in [-0.2, 0) is 28.6 Å². The number of ether oxygens (including phenoxy) is 3. The lowest BCUT2D eigenvalue weighted by molar-refractivity contribution is -0.166. The van der Waals surface area contributed by atoms with E-state index in [2.05, 4.69) is 130 Å². The number of esters is 3. The molecule has 354 valence electrons. The van der Waals surface area contributed by atoms with Gasteiger partial charge in [0.2, 0.25) is 0 Å². The Hall–Kier alpha value is -4.19. The summed E-state index contributed by atoms with van der Waals surface area (Å²) in [6.07, 6.45) is 69.0. The zero-order chi connectivity index (χ0) is 45.8. The second kappa shape index (κ2) is 50.5. The van der Waals surface area contributed by atoms with Crippen molar-refractivity contribution in [2.45, 2.75) is 207 Å². The quantitative estimate of drug-likeness (QED) is 0.0263. The first kappa shape index (κ1) is 58.8. The van der Waals surface area contributed by atoms with Crippen molar-refractivity contribution >= 4 is 17.9 Å². The van der Waals surface area contributed by atoms with E-state index in [1.807, 2.05) is 12.2 Å². The highest BCUT2D eigenvalue weighted by atomic mass is 16.6. The van der Waals surface area contributed by atoms with Gasteiger partial charge >= 0.3 is 17.9 Å². The second-order valence-electron chi connectivity index (χ2n) is 16.0. The molecule has 0 heterocycles. The van der Waals surface area contributed by atoms with Gasteiger partial charge in [0, 0.05) is 19.3 Å². The summed E-state index contributed by atoms with van der Waals surface area (Å²) in [6.45, 7) is 6.26. The lowest BCUT2D eigenvalue weighted by Gasteiger charge is -2.18. The van der Waals surface area contributed by atoms with Crippen molar-refractivity contribution < 1.29 is 28.6 Å². The van der Waals surface area contributed by atoms with Crippen LogP contribution in [0.4, 0.5) is 0 Å². The molecule has 0 aromatic rings. The maximum absolute atomic E-state index is 12.8. The van der Waals surface area contributed by atoms with Crippen LogP contribution in [0.2, 0.25) is 0 Å². The average Bonchev–Trinajstić information content (AvgIpc) is 3.28. The summed E-state index contributed by atoms with van der Waals surface area (Å²) in [5.74, 6) is -1.05. The van der Waals surface area contributed by atoms with Crippen LogP contribution in [0.1, 0.15) is 201 Å². The third-order valence-corrected chi connectivity index (χ3v) is 9.94. The smallest absolute Gasteiger partial charge is 0.306 e. The van der Waals surface area contributed by atoms with E-state index in [1.165, 1.54) is 25.7 Å². The molecule has 0 fully saturated rings. The SMILES string of the molecule is CC/C=C\C/C=C\C/C=C\C/C=C\CCCCCCC(=O)OCC(COC(=O)CC/C=C\C/C=C\C/C=C\C/C=C\CC)OC(=O)CCCCCCC/C=C\C/C=C\CCCCC. The molecule has 6 nitrogen and oxygen atoms in total. The Bertz CT molecular complexity index is 1370. The molecule has 0 saturated carbocycles. The number of hydrogen-bond donors (Lipinski definition) is 0. The van der Waals surface area contributed by atoms with Crippen LogP contribution < -0.4 is 0 Å². The van der Waals surface area contributed by atoms with Gasteiger partial charge in [-0.25, -0.2) is 0 Å². The number of allylic oxidation sites excluding steroid dienone is 20. The van der Waals surface area contributed by atoms with Gasteiger partial charge in [-0.1, -0.05) is 187 Å². The number of carbonyl (C=O) groups excluding carboxylic acids is 3. The molecule has 0 aromatic heterocycles. The van der Waals surface area contributed by atoms with Crippen molar-refractivity contribution in [2.75, 3.05) is 13.2 Å². The molecule has 0 aliphatic heterocycles. The zero-order valence-corrected chi connectivity index (χ0v) is 40.3. The van der Waals surface area contributed by atoms with Crippen molar-refractivity contribution in [3.8, 4) is 0 Å². The normalized spacial score (nSPS) is 13.1. The third-order valence-electron chi connectivity index (χ3n) is 9.94. The molecular formula is C57H90O6. The van der Waals surface area contributed by atoms with E-state index >= 15 is 0 Å². The lowest BCUT2D eigenvalue weighted by Crippen LogP contribution is -2.30. The van der Waals surface area contributed by atoms with Gasteiger partial charge in [-0.15, -0.1) is 0 Å². The van der Waals surface area contributed by atoms with Crippen LogP contribution in [0.15, 0.2) is 122 Å². The fourth-order valence-electron chi connectivity index (χ4n) is 6.24. The summed E-state index contributed by atoms with van der Waals surface area (Å²) in [5.41, 5.74) is 0. The molecule has 0 aliphatic carbocycles. The van der Waals surface area contributed by atoms with Crippen LogP contribution in [0.5, 0.6) is 0 Å². The largest absolute Gasteiger partial charge is 0.462 e. The molecule has 0 N–H and O–H groups in total. The monoisotopic (exact) mass is 871 g/mol. The Morgan fingerprint density at radius 3 is 1.06 bits per heavy atom. The van der Waals surface area contributed by atoms with Gasteiger partial charge in [0.15, 0.2) is 6.10 Å². The Morgan fingerprint density at radius 1 is 0.333 bits per heavy atom. The van der Waals surface area contributed by atoms with E-state index in [1.54, 1.807) is 0 Å². The molecule has 0 aliphatic rings. The van der Waals surface area contributed by atoms with Crippen molar-refractivity contribution in [1.29, 1.82) is 0 Å². The highest BCUT2D eigenvalue weighted by molar-refractivity contribution is 5.71. The Balaban J connectivity index is 4.56. The van der Waals surface area contributed by atoms with Crippen LogP contribution >= 0.6 is 0 Å². The number of hydrogen-bond acceptors (Lipinski definition) is 6. The second-order valence-corrected chi connectivity index (χ2v) is 16.0. The summed E-state index contributed by atoms with van der Waals surface area (Å²) < 4.78 is 16.7. The molecule has 0 aromatic carbocycles. The van der Waals surface area contributed by atoms with Crippen LogP contribution in [0, 0.1) is 0 Å². The summed E-state index contributed by atoms with van der Waals surface area (Å²) in [5, 5.41) is 0. The summed E-state index contributed by atoms with van der Waals surface area (Å²) in [6, 6.07) is 0. The van der Waals surface area contributed by atoms with Gasteiger partial charge in [-0.3, -0.25) is 14.4 Å². The minimum Gasteiger partial charge on any atom is -0.462 e. The maximum Gasteiger partial charge on any atom is 0.306 e. The number of rotatable bonds is 43. The molecule has 0 amide bonds. The molecule has 0 bridgehead atoms. The van der Waals surface area contributed by atoms with Gasteiger partial charge in [-0.2, -0.15) is 0 Å². The first-order valence-electron chi connectivity index (χ1n) is 25.0. The van der Waals surface area contributed by atoms with Crippen molar-refractivity contribution in [3.05, 3.63) is 122 Å². The molecule has 0 radical (unpaired) electrons. The van der Waals surface area contributed by atoms with Crippen LogP contribution in [0.25, 0.3) is 0 Å². The van der Waals surface area contributed by atoms with Gasteiger partial charge in [0.25, 0.3) is 0 Å². The van der Waals surface area contributed by atoms with E-state index in [0.717, 1.165) is 128 Å². The molecule has 1 unspecified atom stereocenters. The molecule has 63 heavy (non-hydrogen) atoms. The van der Waals surface area contributed by atoms with Crippen LogP contribution in [0.3, 0.4) is 0 Å². The van der Waals surface area contributed by atoms with E-state index in [4.69, 9.17) is 14.2 Å². The summed E-state index contributed by atoms with van der Waals surface area (Å²) in [4.78, 5) is 37.9. The molecule has 0 rings (SSSR count). The standard InChI is InChI=1S/C57H90O6/c1-4-7-10-13-16-19-22-25-27-28-30-32-35-38-41-44-47-50-56(59)62-53-54(52-61-55(58)49-46-43-40-37-34-31-24-21-18-15-12-9-6-3)63-57(60)51-48-45-42-39-36-33-29-26-23-20-17-14-11-8-5-2/h7,9-10,12,16-21,25-27,29-32,34,40,43,54H,4-6,8,11,13-15,22-24,28,33,35-39,41-42,44-53H2,1-3H3/b10-7-,12-9-,19-16-,20-17-,21-18-,27-25-,29-26-,32-30-,34-31-,43-40-. The molecule has 6 heteroatoms. The van der Waals surface area contributed by atoms with E-state index in [0.29, 0.717) is 12.8 Å². The van der Waals surface area contributed by atoms with E-state index < -0.39 is 6.10 Å². The highest BCUT2D eigenvalue weighted by Crippen LogP contribution is 2.12. The first-order valence-corrected chi connectivity index (χ1v) is 25.0. The Labute approximate surface area is 386 Å². The minimum atomic E-state index is -0.827. The predicted octanol–water partition coefficient (Wildman–Crippen LogP) is 16.5.